The molecular formula is C16H19N3O3. The molecule has 1 aromatic heterocycles. The van der Waals surface area contributed by atoms with Crippen molar-refractivity contribution in [2.75, 3.05) is 0 Å². The van der Waals surface area contributed by atoms with E-state index in [2.05, 4.69) is 10.1 Å². The fourth-order valence-electron chi connectivity index (χ4n) is 2.38. The van der Waals surface area contributed by atoms with E-state index < -0.39 is 5.54 Å². The van der Waals surface area contributed by atoms with Crippen LogP contribution in [0.15, 0.2) is 28.8 Å². The predicted molar refractivity (Wildman–Crippen MR) is 79.4 cm³/mol. The Bertz CT molecular complexity index is 660. The van der Waals surface area contributed by atoms with Gasteiger partial charge in [0, 0.05) is 12.0 Å². The van der Waals surface area contributed by atoms with Gasteiger partial charge in [-0.25, -0.2) is 0 Å². The zero-order valence-electron chi connectivity index (χ0n) is 12.5. The van der Waals surface area contributed by atoms with Gasteiger partial charge in [0.25, 0.3) is 5.89 Å². The Hall–Kier alpha value is -2.21. The fourth-order valence-corrected chi connectivity index (χ4v) is 2.38. The van der Waals surface area contributed by atoms with E-state index in [9.17, 15) is 4.79 Å². The van der Waals surface area contributed by atoms with Crippen molar-refractivity contribution in [1.82, 2.24) is 10.1 Å². The van der Waals surface area contributed by atoms with E-state index >= 15 is 0 Å². The summed E-state index contributed by atoms with van der Waals surface area (Å²) in [6, 6.07) is 7.03. The summed E-state index contributed by atoms with van der Waals surface area (Å²) in [6.07, 6.45) is 3.37. The first-order valence-corrected chi connectivity index (χ1v) is 7.49. The van der Waals surface area contributed by atoms with Crippen molar-refractivity contribution in [3.8, 4) is 5.75 Å². The van der Waals surface area contributed by atoms with E-state index in [4.69, 9.17) is 15.0 Å². The minimum atomic E-state index is -0.427. The molecule has 0 saturated heterocycles. The van der Waals surface area contributed by atoms with Crippen LogP contribution in [0.4, 0.5) is 0 Å². The van der Waals surface area contributed by atoms with Crippen LogP contribution in [0.1, 0.15) is 54.7 Å². The van der Waals surface area contributed by atoms with Crippen molar-refractivity contribution in [2.24, 2.45) is 5.73 Å². The Morgan fingerprint density at radius 3 is 2.68 bits per heavy atom. The topological polar surface area (TPSA) is 91.2 Å². The number of aromatic nitrogens is 2. The van der Waals surface area contributed by atoms with E-state index in [1.165, 1.54) is 0 Å². The molecule has 1 heterocycles. The summed E-state index contributed by atoms with van der Waals surface area (Å²) in [7, 11) is 0. The predicted octanol–water partition coefficient (Wildman–Crippen LogP) is 2.58. The lowest BCUT2D eigenvalue weighted by atomic mass is 9.77. The summed E-state index contributed by atoms with van der Waals surface area (Å²) >= 11 is 0. The second kappa shape index (κ2) is 5.88. The minimum Gasteiger partial charge on any atom is -0.484 e. The second-order valence-electron chi connectivity index (χ2n) is 5.61. The summed E-state index contributed by atoms with van der Waals surface area (Å²) in [5.74, 6) is 1.72. The summed E-state index contributed by atoms with van der Waals surface area (Å²) in [5.41, 5.74) is 6.40. The molecule has 22 heavy (non-hydrogen) atoms. The summed E-state index contributed by atoms with van der Waals surface area (Å²) in [5, 5.41) is 3.93. The number of hydrogen-bond donors (Lipinski definition) is 1. The number of ketones is 1. The summed E-state index contributed by atoms with van der Waals surface area (Å²) in [6.45, 7) is 2.02. The number of carbonyl (C=O) groups is 1. The molecule has 0 spiro atoms. The largest absolute Gasteiger partial charge is 0.484 e. The van der Waals surface area contributed by atoms with Crippen LogP contribution in [0.5, 0.6) is 5.75 Å². The number of Topliss-reactive ketones (excluding diaryl/α,β-unsaturated/α-hetero) is 1. The van der Waals surface area contributed by atoms with Crippen LogP contribution in [0, 0.1) is 0 Å². The number of rotatable bonds is 6. The summed E-state index contributed by atoms with van der Waals surface area (Å²) in [4.78, 5) is 15.8. The Morgan fingerprint density at radius 2 is 2.09 bits per heavy atom. The smallest absolute Gasteiger partial charge is 0.264 e. The zero-order valence-corrected chi connectivity index (χ0v) is 12.5. The minimum absolute atomic E-state index is 0.113. The Kier molecular flexibility index (Phi) is 3.94. The van der Waals surface area contributed by atoms with E-state index in [1.54, 1.807) is 24.3 Å². The first-order valence-electron chi connectivity index (χ1n) is 7.49. The average molecular weight is 301 g/mol. The first kappa shape index (κ1) is 14.7. The molecule has 2 aromatic rings. The highest BCUT2D eigenvalue weighted by Crippen LogP contribution is 2.36. The average Bonchev–Trinajstić information content (AvgIpc) is 2.99. The van der Waals surface area contributed by atoms with Gasteiger partial charge in [-0.15, -0.1) is 0 Å². The first-order chi connectivity index (χ1) is 10.6. The number of benzene rings is 1. The van der Waals surface area contributed by atoms with Crippen molar-refractivity contribution in [2.45, 2.75) is 44.8 Å². The monoisotopic (exact) mass is 301 g/mol. The molecular weight excluding hydrogens is 282 g/mol. The Labute approximate surface area is 128 Å². The number of carbonyl (C=O) groups excluding carboxylic acids is 1. The number of nitrogens with two attached hydrogens (primary N) is 1. The maximum absolute atomic E-state index is 11.5. The van der Waals surface area contributed by atoms with Crippen LogP contribution in [0.2, 0.25) is 0 Å². The van der Waals surface area contributed by atoms with Gasteiger partial charge in [-0.05, 0) is 43.5 Å². The lowest BCUT2D eigenvalue weighted by Gasteiger charge is -2.34. The van der Waals surface area contributed by atoms with Gasteiger partial charge < -0.3 is 15.0 Å². The molecule has 2 N–H and O–H groups in total. The Balaban J connectivity index is 1.59. The molecule has 0 aliphatic heterocycles. The number of hydrogen-bond acceptors (Lipinski definition) is 6. The van der Waals surface area contributed by atoms with Crippen LogP contribution in [-0.2, 0) is 12.1 Å². The highest BCUT2D eigenvalue weighted by molar-refractivity contribution is 5.95. The lowest BCUT2D eigenvalue weighted by Crippen LogP contribution is -2.44. The van der Waals surface area contributed by atoms with E-state index in [1.807, 2.05) is 6.92 Å². The zero-order chi connectivity index (χ0) is 15.6. The molecule has 0 unspecified atom stereocenters. The molecule has 1 aromatic carbocycles. The van der Waals surface area contributed by atoms with Crippen LogP contribution in [0.3, 0.4) is 0 Å². The normalized spacial score (nSPS) is 16.1. The molecule has 6 nitrogen and oxygen atoms in total. The lowest BCUT2D eigenvalue weighted by molar-refractivity contribution is 0.0988. The van der Waals surface area contributed by atoms with Crippen LogP contribution in [-0.4, -0.2) is 15.9 Å². The SMILES string of the molecule is CCC(=O)c1ccc(OCc2nc(C3(N)CCC3)no2)cc1. The van der Waals surface area contributed by atoms with Gasteiger partial charge >= 0.3 is 0 Å². The van der Waals surface area contributed by atoms with Crippen molar-refractivity contribution in [3.63, 3.8) is 0 Å². The van der Waals surface area contributed by atoms with Crippen molar-refractivity contribution >= 4 is 5.78 Å². The second-order valence-corrected chi connectivity index (χ2v) is 5.61. The van der Waals surface area contributed by atoms with Gasteiger partial charge in [-0.3, -0.25) is 4.79 Å². The molecule has 0 atom stereocenters. The molecule has 116 valence electrons. The molecule has 6 heteroatoms. The van der Waals surface area contributed by atoms with Gasteiger partial charge in [-0.2, -0.15) is 4.98 Å². The van der Waals surface area contributed by atoms with Crippen LogP contribution in [0.25, 0.3) is 0 Å². The van der Waals surface area contributed by atoms with Gasteiger partial charge in [0.15, 0.2) is 18.2 Å². The fraction of sp³-hybridized carbons (Fsp3) is 0.438. The number of ether oxygens (including phenoxy) is 1. The molecule has 3 rings (SSSR count). The van der Waals surface area contributed by atoms with Crippen LogP contribution >= 0.6 is 0 Å². The standard InChI is InChI=1S/C16H19N3O3/c1-2-13(20)11-4-6-12(7-5-11)21-10-14-18-15(19-22-14)16(17)8-3-9-16/h4-7H,2-3,8-10,17H2,1H3. The van der Waals surface area contributed by atoms with E-state index in [0.29, 0.717) is 29.4 Å². The summed E-state index contributed by atoms with van der Waals surface area (Å²) < 4.78 is 10.8. The molecule has 1 aliphatic rings. The van der Waals surface area contributed by atoms with Crippen molar-refractivity contribution in [3.05, 3.63) is 41.5 Å². The van der Waals surface area contributed by atoms with Crippen molar-refractivity contribution < 1.29 is 14.1 Å². The highest BCUT2D eigenvalue weighted by Gasteiger charge is 2.38. The maximum atomic E-state index is 11.5. The Morgan fingerprint density at radius 1 is 1.36 bits per heavy atom. The maximum Gasteiger partial charge on any atom is 0.264 e. The van der Waals surface area contributed by atoms with Crippen LogP contribution < -0.4 is 10.5 Å². The molecule has 1 saturated carbocycles. The molecule has 0 amide bonds. The molecule has 0 bridgehead atoms. The molecule has 1 fully saturated rings. The third-order valence-electron chi connectivity index (χ3n) is 4.02. The molecule has 1 aliphatic carbocycles. The highest BCUT2D eigenvalue weighted by atomic mass is 16.5. The third-order valence-corrected chi connectivity index (χ3v) is 4.02. The van der Waals surface area contributed by atoms with Gasteiger partial charge in [0.05, 0.1) is 5.54 Å². The quantitative estimate of drug-likeness (QED) is 0.824. The number of nitrogens with zero attached hydrogens (tertiary/aromatic N) is 2. The van der Waals surface area contributed by atoms with E-state index in [-0.39, 0.29) is 12.4 Å². The van der Waals surface area contributed by atoms with Gasteiger partial charge in [0.1, 0.15) is 5.75 Å². The van der Waals surface area contributed by atoms with Crippen molar-refractivity contribution in [1.29, 1.82) is 0 Å². The van der Waals surface area contributed by atoms with Gasteiger partial charge in [-0.1, -0.05) is 12.1 Å². The molecule has 0 radical (unpaired) electrons. The van der Waals surface area contributed by atoms with Gasteiger partial charge in [0.2, 0.25) is 0 Å². The van der Waals surface area contributed by atoms with E-state index in [0.717, 1.165) is 19.3 Å². The third kappa shape index (κ3) is 2.87.